The average molecular weight is 278 g/mol. The van der Waals surface area contributed by atoms with Crippen LogP contribution >= 0.6 is 0 Å². The molecule has 0 spiro atoms. The maximum atomic E-state index is 14.1. The van der Waals surface area contributed by atoms with Gasteiger partial charge in [-0.1, -0.05) is 24.3 Å². The van der Waals surface area contributed by atoms with E-state index in [1.165, 1.54) is 12.1 Å². The van der Waals surface area contributed by atoms with Gasteiger partial charge in [0.15, 0.2) is 5.43 Å². The quantitative estimate of drug-likeness (QED) is 0.723. The fourth-order valence-corrected chi connectivity index (χ4v) is 2.37. The number of fused-ring (bicyclic) bond motifs is 1. The molecule has 1 heterocycles. The van der Waals surface area contributed by atoms with E-state index in [-0.39, 0.29) is 17.5 Å². The molecule has 0 fully saturated rings. The first kappa shape index (κ1) is 13.1. The monoisotopic (exact) mass is 278 g/mol. The van der Waals surface area contributed by atoms with Crippen LogP contribution in [0.25, 0.3) is 10.9 Å². The van der Waals surface area contributed by atoms with Crippen LogP contribution in [-0.4, -0.2) is 4.57 Å². The van der Waals surface area contributed by atoms with Crippen LogP contribution in [-0.2, 0) is 6.54 Å². The SMILES string of the molecule is N#Cc1cccc(Cn2ccc(=O)c3ccccc32)c1F. The lowest BCUT2D eigenvalue weighted by molar-refractivity contribution is 0.598. The number of hydrogen-bond donors (Lipinski definition) is 0. The Morgan fingerprint density at radius 2 is 1.90 bits per heavy atom. The Balaban J connectivity index is 2.14. The predicted octanol–water partition coefficient (Wildman–Crippen LogP) is 3.06. The van der Waals surface area contributed by atoms with Crippen molar-refractivity contribution in [3.8, 4) is 6.07 Å². The summed E-state index contributed by atoms with van der Waals surface area (Å²) in [5.41, 5.74) is 1.13. The lowest BCUT2D eigenvalue weighted by Gasteiger charge is -2.11. The lowest BCUT2D eigenvalue weighted by atomic mass is 10.1. The number of nitriles is 1. The molecule has 21 heavy (non-hydrogen) atoms. The number of nitrogens with zero attached hydrogens (tertiary/aromatic N) is 2. The van der Waals surface area contributed by atoms with E-state index >= 15 is 0 Å². The zero-order chi connectivity index (χ0) is 14.8. The first-order valence-corrected chi connectivity index (χ1v) is 6.46. The van der Waals surface area contributed by atoms with Gasteiger partial charge in [-0.2, -0.15) is 5.26 Å². The van der Waals surface area contributed by atoms with Crippen molar-refractivity contribution in [3.05, 3.63) is 81.9 Å². The molecule has 1 aromatic heterocycles. The molecule has 0 atom stereocenters. The van der Waals surface area contributed by atoms with Crippen molar-refractivity contribution in [1.82, 2.24) is 4.57 Å². The average Bonchev–Trinajstić information content (AvgIpc) is 2.52. The van der Waals surface area contributed by atoms with Crippen molar-refractivity contribution in [1.29, 1.82) is 5.26 Å². The van der Waals surface area contributed by atoms with Gasteiger partial charge in [-0.05, 0) is 18.2 Å². The second-order valence-corrected chi connectivity index (χ2v) is 4.72. The summed E-state index contributed by atoms with van der Waals surface area (Å²) < 4.78 is 15.9. The highest BCUT2D eigenvalue weighted by Crippen LogP contribution is 2.16. The van der Waals surface area contributed by atoms with E-state index in [1.54, 1.807) is 35.0 Å². The van der Waals surface area contributed by atoms with Crippen LogP contribution in [0.4, 0.5) is 4.39 Å². The van der Waals surface area contributed by atoms with E-state index in [0.717, 1.165) is 5.52 Å². The minimum Gasteiger partial charge on any atom is -0.343 e. The topological polar surface area (TPSA) is 45.8 Å². The molecule has 0 aliphatic rings. The maximum absolute atomic E-state index is 14.1. The van der Waals surface area contributed by atoms with Crippen LogP contribution in [0.15, 0.2) is 59.5 Å². The minimum absolute atomic E-state index is 0.0258. The van der Waals surface area contributed by atoms with Gasteiger partial charge in [0.2, 0.25) is 0 Å². The third kappa shape index (κ3) is 2.30. The fraction of sp³-hybridized carbons (Fsp3) is 0.0588. The summed E-state index contributed by atoms with van der Waals surface area (Å²) in [7, 11) is 0. The van der Waals surface area contributed by atoms with E-state index in [9.17, 15) is 9.18 Å². The van der Waals surface area contributed by atoms with Gasteiger partial charge in [-0.3, -0.25) is 4.79 Å². The van der Waals surface area contributed by atoms with Crippen LogP contribution in [0.5, 0.6) is 0 Å². The molecule has 0 saturated carbocycles. The lowest BCUT2D eigenvalue weighted by Crippen LogP contribution is -2.09. The molecule has 0 aliphatic carbocycles. The number of pyridine rings is 1. The molecule has 4 heteroatoms. The van der Waals surface area contributed by atoms with Crippen molar-refractivity contribution in [2.45, 2.75) is 6.54 Å². The molecule has 0 aliphatic heterocycles. The molecule has 0 saturated heterocycles. The highest BCUT2D eigenvalue weighted by atomic mass is 19.1. The third-order valence-corrected chi connectivity index (χ3v) is 3.42. The maximum Gasteiger partial charge on any atom is 0.189 e. The summed E-state index contributed by atoms with van der Waals surface area (Å²) in [6, 6.07) is 15.2. The summed E-state index contributed by atoms with van der Waals surface area (Å²) in [6.45, 7) is 0.266. The van der Waals surface area contributed by atoms with Gasteiger partial charge in [-0.15, -0.1) is 0 Å². The normalized spacial score (nSPS) is 10.5. The smallest absolute Gasteiger partial charge is 0.189 e. The van der Waals surface area contributed by atoms with Gasteiger partial charge >= 0.3 is 0 Å². The van der Waals surface area contributed by atoms with Crippen LogP contribution in [0.2, 0.25) is 0 Å². The van der Waals surface area contributed by atoms with Crippen molar-refractivity contribution < 1.29 is 4.39 Å². The van der Waals surface area contributed by atoms with Crippen molar-refractivity contribution in [3.63, 3.8) is 0 Å². The summed E-state index contributed by atoms with van der Waals surface area (Å²) in [4.78, 5) is 11.8. The highest BCUT2D eigenvalue weighted by molar-refractivity contribution is 5.78. The molecule has 3 rings (SSSR count). The third-order valence-electron chi connectivity index (χ3n) is 3.42. The highest BCUT2D eigenvalue weighted by Gasteiger charge is 2.09. The van der Waals surface area contributed by atoms with E-state index in [2.05, 4.69) is 0 Å². The largest absolute Gasteiger partial charge is 0.343 e. The minimum atomic E-state index is -0.511. The van der Waals surface area contributed by atoms with Crippen molar-refractivity contribution >= 4 is 10.9 Å². The second-order valence-electron chi connectivity index (χ2n) is 4.72. The van der Waals surface area contributed by atoms with Crippen LogP contribution < -0.4 is 5.43 Å². The van der Waals surface area contributed by atoms with E-state index < -0.39 is 5.82 Å². The Hall–Kier alpha value is -2.93. The van der Waals surface area contributed by atoms with Gasteiger partial charge in [0.25, 0.3) is 0 Å². The van der Waals surface area contributed by atoms with Crippen LogP contribution in [0.3, 0.4) is 0 Å². The van der Waals surface area contributed by atoms with Gasteiger partial charge < -0.3 is 4.57 Å². The number of rotatable bonds is 2. The standard InChI is InChI=1S/C17H11FN2O/c18-17-12(10-19)4-3-5-13(17)11-20-9-8-16(21)14-6-1-2-7-15(14)20/h1-9H,11H2. The number of para-hydroxylation sites is 1. The van der Waals surface area contributed by atoms with E-state index in [1.807, 2.05) is 18.2 Å². The zero-order valence-corrected chi connectivity index (χ0v) is 11.1. The summed E-state index contributed by atoms with van der Waals surface area (Å²) in [5, 5.41) is 9.47. The Kier molecular flexibility index (Phi) is 3.25. The number of hydrogen-bond acceptors (Lipinski definition) is 2. The Morgan fingerprint density at radius 3 is 2.71 bits per heavy atom. The molecular formula is C17H11FN2O. The number of aromatic nitrogens is 1. The molecule has 2 aromatic carbocycles. The van der Waals surface area contributed by atoms with Crippen LogP contribution in [0, 0.1) is 17.1 Å². The molecule has 0 bridgehead atoms. The van der Waals surface area contributed by atoms with Gasteiger partial charge in [0, 0.05) is 23.2 Å². The summed E-state index contributed by atoms with van der Waals surface area (Å²) in [6.07, 6.45) is 1.64. The summed E-state index contributed by atoms with van der Waals surface area (Å²) >= 11 is 0. The van der Waals surface area contributed by atoms with Crippen molar-refractivity contribution in [2.75, 3.05) is 0 Å². The molecule has 102 valence electrons. The van der Waals surface area contributed by atoms with E-state index in [0.29, 0.717) is 10.9 Å². The first-order chi connectivity index (χ1) is 10.2. The summed E-state index contributed by atoms with van der Waals surface area (Å²) in [5.74, 6) is -0.511. The molecule has 0 unspecified atom stereocenters. The Labute approximate surface area is 120 Å². The predicted molar refractivity (Wildman–Crippen MR) is 78.4 cm³/mol. The van der Waals surface area contributed by atoms with Gasteiger partial charge in [0.05, 0.1) is 17.6 Å². The van der Waals surface area contributed by atoms with Gasteiger partial charge in [0.1, 0.15) is 11.9 Å². The fourth-order valence-electron chi connectivity index (χ4n) is 2.37. The molecule has 0 N–H and O–H groups in total. The van der Waals surface area contributed by atoms with E-state index in [4.69, 9.17) is 5.26 Å². The first-order valence-electron chi connectivity index (χ1n) is 6.46. The number of halogens is 1. The zero-order valence-electron chi connectivity index (χ0n) is 11.1. The number of benzene rings is 2. The Bertz CT molecular complexity index is 922. The molecule has 0 radical (unpaired) electrons. The molecule has 3 aromatic rings. The molecule has 3 nitrogen and oxygen atoms in total. The molecule has 0 amide bonds. The Morgan fingerprint density at radius 1 is 1.10 bits per heavy atom. The van der Waals surface area contributed by atoms with Gasteiger partial charge in [-0.25, -0.2) is 4.39 Å². The van der Waals surface area contributed by atoms with Crippen LogP contribution in [0.1, 0.15) is 11.1 Å². The second kappa shape index (κ2) is 5.22. The van der Waals surface area contributed by atoms with Crippen molar-refractivity contribution in [2.24, 2.45) is 0 Å². The molecular weight excluding hydrogens is 267 g/mol.